The fourth-order valence-electron chi connectivity index (χ4n) is 4.73. The number of nitrogens with one attached hydrogen (secondary N) is 2. The van der Waals surface area contributed by atoms with E-state index in [4.69, 9.17) is 24.4 Å². The second kappa shape index (κ2) is 7.47. The molecule has 0 aromatic heterocycles. The molecule has 0 saturated carbocycles. The molecule has 2 unspecified atom stereocenters. The molecule has 27 heavy (non-hydrogen) atoms. The molecule has 2 aliphatic heterocycles. The van der Waals surface area contributed by atoms with Gasteiger partial charge in [0.1, 0.15) is 5.78 Å². The average molecular weight is 403 g/mol. The number of hydrogen-bond acceptors (Lipinski definition) is 6. The van der Waals surface area contributed by atoms with Crippen LogP contribution in [0, 0.1) is 17.8 Å². The second-order valence-electron chi connectivity index (χ2n) is 7.65. The third-order valence-electron chi connectivity index (χ3n) is 6.10. The van der Waals surface area contributed by atoms with Crippen molar-refractivity contribution < 1.29 is 14.7 Å². The lowest BCUT2D eigenvalue weighted by atomic mass is 9.80. The highest BCUT2D eigenvalue weighted by molar-refractivity contribution is 7.80. The molecule has 0 bridgehead atoms. The molecule has 142 valence electrons. The Hall–Kier alpha value is -1.54. The number of aliphatic hydroxyl groups is 1. The third kappa shape index (κ3) is 3.38. The first kappa shape index (κ1) is 18.8. The highest BCUT2D eigenvalue weighted by Crippen LogP contribution is 2.32. The lowest BCUT2D eigenvalue weighted by Gasteiger charge is -2.25. The van der Waals surface area contributed by atoms with Gasteiger partial charge in [-0.1, -0.05) is 36.5 Å². The van der Waals surface area contributed by atoms with Gasteiger partial charge < -0.3 is 15.7 Å². The largest absolute Gasteiger partial charge is 0.501 e. The molecule has 2 fully saturated rings. The SMILES string of the molecule is O=C(C1Cc2ccccc2C1)C1C(=S)CN[C@@H]1C(=O)C1CCN[C@@H]1C(O)=S. The van der Waals surface area contributed by atoms with Crippen LogP contribution in [0.1, 0.15) is 17.5 Å². The lowest BCUT2D eigenvalue weighted by molar-refractivity contribution is -0.131. The van der Waals surface area contributed by atoms with E-state index in [1.54, 1.807) is 0 Å². The Balaban J connectivity index is 1.53. The molecule has 3 aliphatic rings. The number of thiocarbonyl (C=S) groups is 2. The zero-order valence-corrected chi connectivity index (χ0v) is 16.4. The monoisotopic (exact) mass is 402 g/mol. The van der Waals surface area contributed by atoms with E-state index < -0.39 is 23.9 Å². The number of hydrogen-bond donors (Lipinski definition) is 3. The van der Waals surface area contributed by atoms with E-state index in [9.17, 15) is 14.7 Å². The summed E-state index contributed by atoms with van der Waals surface area (Å²) in [5, 5.41) is 15.8. The summed E-state index contributed by atoms with van der Waals surface area (Å²) in [5.41, 5.74) is 2.42. The van der Waals surface area contributed by atoms with Crippen molar-refractivity contribution >= 4 is 45.9 Å². The van der Waals surface area contributed by atoms with Crippen molar-refractivity contribution in [1.82, 2.24) is 10.6 Å². The van der Waals surface area contributed by atoms with Crippen molar-refractivity contribution in [2.75, 3.05) is 13.1 Å². The molecule has 7 heteroatoms. The molecule has 1 aliphatic carbocycles. The smallest absolute Gasteiger partial charge is 0.174 e. The predicted molar refractivity (Wildman–Crippen MR) is 110 cm³/mol. The summed E-state index contributed by atoms with van der Waals surface area (Å²) >= 11 is 10.3. The van der Waals surface area contributed by atoms with Crippen molar-refractivity contribution in [1.29, 1.82) is 0 Å². The molecule has 4 atom stereocenters. The van der Waals surface area contributed by atoms with E-state index in [2.05, 4.69) is 22.8 Å². The van der Waals surface area contributed by atoms with Crippen LogP contribution in [0.2, 0.25) is 0 Å². The van der Waals surface area contributed by atoms with Crippen LogP contribution in [0.5, 0.6) is 0 Å². The molecule has 0 amide bonds. The van der Waals surface area contributed by atoms with Gasteiger partial charge in [-0.15, -0.1) is 0 Å². The van der Waals surface area contributed by atoms with E-state index >= 15 is 0 Å². The van der Waals surface area contributed by atoms with Gasteiger partial charge in [0.2, 0.25) is 0 Å². The Morgan fingerprint density at radius 3 is 2.33 bits per heavy atom. The fourth-order valence-corrected chi connectivity index (χ4v) is 5.31. The number of aliphatic hydroxyl groups excluding tert-OH is 1. The molecule has 1 aromatic carbocycles. The minimum absolute atomic E-state index is 0.0635. The summed E-state index contributed by atoms with van der Waals surface area (Å²) in [4.78, 5) is 27.1. The number of carbonyl (C=O) groups is 2. The van der Waals surface area contributed by atoms with Gasteiger partial charge in [-0.05, 0) is 49.2 Å². The summed E-state index contributed by atoms with van der Waals surface area (Å²) < 4.78 is 0. The van der Waals surface area contributed by atoms with Crippen LogP contribution < -0.4 is 10.6 Å². The Morgan fingerprint density at radius 2 is 1.70 bits per heavy atom. The quantitative estimate of drug-likeness (QED) is 0.642. The van der Waals surface area contributed by atoms with Crippen molar-refractivity contribution in [3.05, 3.63) is 35.4 Å². The fraction of sp³-hybridized carbons (Fsp3) is 0.500. The van der Waals surface area contributed by atoms with Crippen LogP contribution in [0.4, 0.5) is 0 Å². The summed E-state index contributed by atoms with van der Waals surface area (Å²) in [7, 11) is 0. The molecular formula is C20H22N2O3S2. The maximum Gasteiger partial charge on any atom is 0.174 e. The van der Waals surface area contributed by atoms with Gasteiger partial charge in [0.05, 0.1) is 18.0 Å². The highest BCUT2D eigenvalue weighted by Gasteiger charge is 2.48. The third-order valence-corrected chi connectivity index (χ3v) is 6.75. The van der Waals surface area contributed by atoms with Gasteiger partial charge in [0.15, 0.2) is 10.8 Å². The van der Waals surface area contributed by atoms with Gasteiger partial charge in [-0.2, -0.15) is 0 Å². The van der Waals surface area contributed by atoms with Crippen LogP contribution in [0.15, 0.2) is 24.3 Å². The maximum absolute atomic E-state index is 13.3. The number of rotatable bonds is 5. The van der Waals surface area contributed by atoms with Gasteiger partial charge in [0.25, 0.3) is 0 Å². The zero-order valence-electron chi connectivity index (χ0n) is 14.8. The Morgan fingerprint density at radius 1 is 1.04 bits per heavy atom. The average Bonchev–Trinajstić information content (AvgIpc) is 3.37. The number of fused-ring (bicyclic) bond motifs is 1. The number of benzene rings is 1. The summed E-state index contributed by atoms with van der Waals surface area (Å²) in [6, 6.07) is 6.97. The van der Waals surface area contributed by atoms with E-state index in [0.29, 0.717) is 37.2 Å². The highest BCUT2D eigenvalue weighted by atomic mass is 32.1. The summed E-state index contributed by atoms with van der Waals surface area (Å²) in [6.45, 7) is 1.02. The normalized spacial score (nSPS) is 30.4. The minimum Gasteiger partial charge on any atom is -0.501 e. The van der Waals surface area contributed by atoms with Gasteiger partial charge >= 0.3 is 0 Å². The number of Topliss-reactive ketones (excluding diaryl/α,β-unsaturated/α-hetero) is 2. The van der Waals surface area contributed by atoms with Crippen molar-refractivity contribution in [2.45, 2.75) is 31.3 Å². The van der Waals surface area contributed by atoms with Crippen molar-refractivity contribution in [3.8, 4) is 0 Å². The van der Waals surface area contributed by atoms with Crippen LogP contribution in [0.25, 0.3) is 0 Å². The van der Waals surface area contributed by atoms with Crippen molar-refractivity contribution in [2.24, 2.45) is 17.8 Å². The lowest BCUT2D eigenvalue weighted by Crippen LogP contribution is -2.48. The first-order valence-corrected chi connectivity index (χ1v) is 10.2. The summed E-state index contributed by atoms with van der Waals surface area (Å²) in [5.74, 6) is -1.13. The van der Waals surface area contributed by atoms with Gasteiger partial charge in [-0.25, -0.2) is 0 Å². The zero-order chi connectivity index (χ0) is 19.1. The Labute approximate surface area is 168 Å². The van der Waals surface area contributed by atoms with E-state index in [1.807, 2.05) is 12.1 Å². The standard InChI is InChI=1S/C20H22N2O3S2/c23-18(12-7-10-3-1-2-4-11(10)8-12)15-14(26)9-22-17(15)19(24)13-5-6-21-16(13)20(25)27/h1-4,12-13,15-17,21-22H,5-9H2,(H,25,27)/t13?,15?,16-,17-/m0/s1. The molecule has 5 nitrogen and oxygen atoms in total. The van der Waals surface area contributed by atoms with E-state index in [-0.39, 0.29) is 22.5 Å². The first-order chi connectivity index (χ1) is 13.0. The molecule has 1 aromatic rings. The Bertz CT molecular complexity index is 800. The molecule has 0 radical (unpaired) electrons. The van der Waals surface area contributed by atoms with Crippen LogP contribution in [0.3, 0.4) is 0 Å². The van der Waals surface area contributed by atoms with E-state index in [1.165, 1.54) is 11.1 Å². The number of carbonyl (C=O) groups excluding carboxylic acids is 2. The van der Waals surface area contributed by atoms with Crippen LogP contribution >= 0.6 is 24.4 Å². The second-order valence-corrected chi connectivity index (χ2v) is 8.59. The molecule has 3 N–H and O–H groups in total. The first-order valence-electron chi connectivity index (χ1n) is 9.34. The molecule has 4 rings (SSSR count). The van der Waals surface area contributed by atoms with Crippen LogP contribution in [-0.4, -0.2) is 51.8 Å². The Kier molecular flexibility index (Phi) is 5.20. The van der Waals surface area contributed by atoms with Gasteiger partial charge in [-0.3, -0.25) is 9.59 Å². The minimum atomic E-state index is -0.615. The topological polar surface area (TPSA) is 78.4 Å². The number of ketones is 2. The molecule has 0 spiro atoms. The van der Waals surface area contributed by atoms with E-state index in [0.717, 1.165) is 0 Å². The van der Waals surface area contributed by atoms with Crippen LogP contribution in [-0.2, 0) is 22.4 Å². The predicted octanol–water partition coefficient (Wildman–Crippen LogP) is 1.36. The van der Waals surface area contributed by atoms with Crippen molar-refractivity contribution in [3.63, 3.8) is 0 Å². The molecule has 2 saturated heterocycles. The maximum atomic E-state index is 13.3. The molecule has 2 heterocycles. The summed E-state index contributed by atoms with van der Waals surface area (Å²) in [6.07, 6.45) is 2.03. The van der Waals surface area contributed by atoms with Gasteiger partial charge in [0, 0.05) is 23.2 Å². The molecular weight excluding hydrogens is 380 g/mol.